The predicted octanol–water partition coefficient (Wildman–Crippen LogP) is 2.67. The van der Waals surface area contributed by atoms with Crippen LogP contribution in [0.25, 0.3) is 5.69 Å². The summed E-state index contributed by atoms with van der Waals surface area (Å²) in [6.07, 6.45) is 5.12. The Labute approximate surface area is 126 Å². The normalized spacial score (nSPS) is 16.4. The summed E-state index contributed by atoms with van der Waals surface area (Å²) in [5.41, 5.74) is 11.0. The summed E-state index contributed by atoms with van der Waals surface area (Å²) in [7, 11) is 0. The second-order valence-electron chi connectivity index (χ2n) is 5.90. The zero-order valence-corrected chi connectivity index (χ0v) is 12.9. The summed E-state index contributed by atoms with van der Waals surface area (Å²) in [4.78, 5) is 2.43. The van der Waals surface area contributed by atoms with Gasteiger partial charge < -0.3 is 10.6 Å². The highest BCUT2D eigenvalue weighted by Gasteiger charge is 2.21. The molecule has 1 aliphatic heterocycles. The molecule has 0 spiro atoms. The number of aromatic nitrogens is 2. The Balaban J connectivity index is 1.91. The summed E-state index contributed by atoms with van der Waals surface area (Å²) >= 11 is 0. The van der Waals surface area contributed by atoms with E-state index in [2.05, 4.69) is 52.8 Å². The molecule has 0 bridgehead atoms. The molecule has 0 unspecified atom stereocenters. The highest BCUT2D eigenvalue weighted by molar-refractivity contribution is 5.53. The summed E-state index contributed by atoms with van der Waals surface area (Å²) in [6, 6.07) is 8.90. The van der Waals surface area contributed by atoms with Gasteiger partial charge >= 0.3 is 0 Å². The molecule has 1 aliphatic rings. The predicted molar refractivity (Wildman–Crippen MR) is 87.1 cm³/mol. The molecule has 0 aliphatic carbocycles. The number of aryl methyl sites for hydroxylation is 1. The van der Waals surface area contributed by atoms with Crippen molar-refractivity contribution in [2.75, 3.05) is 18.0 Å². The van der Waals surface area contributed by atoms with Crippen molar-refractivity contribution in [3.8, 4) is 5.69 Å². The summed E-state index contributed by atoms with van der Waals surface area (Å²) in [6.45, 7) is 6.37. The highest BCUT2D eigenvalue weighted by atomic mass is 15.3. The maximum atomic E-state index is 6.01. The van der Waals surface area contributed by atoms with Gasteiger partial charge in [-0.1, -0.05) is 24.6 Å². The van der Waals surface area contributed by atoms with Crippen LogP contribution in [-0.4, -0.2) is 28.9 Å². The van der Waals surface area contributed by atoms with Gasteiger partial charge in [0.2, 0.25) is 0 Å². The second-order valence-corrected chi connectivity index (χ2v) is 5.90. The Bertz CT molecular complexity index is 592. The summed E-state index contributed by atoms with van der Waals surface area (Å²) in [5.74, 6) is 0. The smallest absolute Gasteiger partial charge is 0.0789 e. The minimum absolute atomic E-state index is 0.360. The van der Waals surface area contributed by atoms with Crippen LogP contribution >= 0.6 is 0 Å². The van der Waals surface area contributed by atoms with Crippen LogP contribution in [0, 0.1) is 6.92 Å². The minimum atomic E-state index is 0.360. The van der Waals surface area contributed by atoms with Gasteiger partial charge in [-0.3, -0.25) is 0 Å². The van der Waals surface area contributed by atoms with E-state index < -0.39 is 0 Å². The zero-order valence-electron chi connectivity index (χ0n) is 12.9. The van der Waals surface area contributed by atoms with Gasteiger partial charge in [-0.2, -0.15) is 5.10 Å². The molecular formula is C17H24N4. The number of rotatable bonds is 3. The fraction of sp³-hybridized carbons (Fsp3) is 0.471. The number of anilines is 1. The Morgan fingerprint density at radius 3 is 2.48 bits per heavy atom. The molecule has 0 atom stereocenters. The average Bonchev–Trinajstić information content (AvgIpc) is 2.92. The van der Waals surface area contributed by atoms with Crippen LogP contribution in [0.4, 0.5) is 5.69 Å². The Morgan fingerprint density at radius 1 is 1.19 bits per heavy atom. The van der Waals surface area contributed by atoms with Crippen LogP contribution in [0.15, 0.2) is 30.5 Å². The molecule has 3 rings (SSSR count). The Kier molecular flexibility index (Phi) is 3.97. The molecule has 112 valence electrons. The third kappa shape index (κ3) is 2.81. The van der Waals surface area contributed by atoms with E-state index in [9.17, 15) is 0 Å². The van der Waals surface area contributed by atoms with Crippen molar-refractivity contribution in [1.29, 1.82) is 0 Å². The SMILES string of the molecule is CCc1c(N2CCC(N)CC2)cnn1-c1ccc(C)cc1. The van der Waals surface area contributed by atoms with E-state index in [0.29, 0.717) is 6.04 Å². The molecule has 1 fully saturated rings. The van der Waals surface area contributed by atoms with Gasteiger partial charge in [0, 0.05) is 19.1 Å². The molecule has 4 nitrogen and oxygen atoms in total. The standard InChI is InChI=1S/C17H24N4/c1-3-16-17(20-10-8-14(18)9-11-20)12-19-21(16)15-6-4-13(2)5-7-15/h4-7,12,14H,3,8-11,18H2,1-2H3. The number of nitrogens with zero attached hydrogens (tertiary/aromatic N) is 3. The van der Waals surface area contributed by atoms with Crippen LogP contribution in [0.2, 0.25) is 0 Å². The van der Waals surface area contributed by atoms with E-state index in [0.717, 1.165) is 38.0 Å². The maximum Gasteiger partial charge on any atom is 0.0789 e. The number of hydrogen-bond acceptors (Lipinski definition) is 3. The highest BCUT2D eigenvalue weighted by Crippen LogP contribution is 2.26. The monoisotopic (exact) mass is 284 g/mol. The lowest BCUT2D eigenvalue weighted by molar-refractivity contribution is 0.500. The van der Waals surface area contributed by atoms with Crippen LogP contribution < -0.4 is 10.6 Å². The molecule has 0 amide bonds. The van der Waals surface area contributed by atoms with Crippen molar-refractivity contribution < 1.29 is 0 Å². The molecule has 2 heterocycles. The fourth-order valence-corrected chi connectivity index (χ4v) is 3.01. The van der Waals surface area contributed by atoms with E-state index >= 15 is 0 Å². The first-order valence-electron chi connectivity index (χ1n) is 7.83. The lowest BCUT2D eigenvalue weighted by Gasteiger charge is -2.31. The molecular weight excluding hydrogens is 260 g/mol. The minimum Gasteiger partial charge on any atom is -0.369 e. The van der Waals surface area contributed by atoms with Crippen LogP contribution in [0.1, 0.15) is 31.0 Å². The van der Waals surface area contributed by atoms with Gasteiger partial charge in [0.05, 0.1) is 23.3 Å². The third-order valence-corrected chi connectivity index (χ3v) is 4.34. The first-order valence-corrected chi connectivity index (χ1v) is 7.83. The largest absolute Gasteiger partial charge is 0.369 e. The van der Waals surface area contributed by atoms with E-state index in [1.54, 1.807) is 0 Å². The maximum absolute atomic E-state index is 6.01. The quantitative estimate of drug-likeness (QED) is 0.942. The number of piperidine rings is 1. The molecule has 1 saturated heterocycles. The van der Waals surface area contributed by atoms with E-state index in [4.69, 9.17) is 5.73 Å². The van der Waals surface area contributed by atoms with Gasteiger partial charge in [0.1, 0.15) is 0 Å². The first-order chi connectivity index (χ1) is 10.2. The molecule has 2 aromatic rings. The number of hydrogen-bond donors (Lipinski definition) is 1. The average molecular weight is 284 g/mol. The van der Waals surface area contributed by atoms with Crippen molar-refractivity contribution >= 4 is 5.69 Å². The molecule has 1 aromatic heterocycles. The molecule has 0 saturated carbocycles. The molecule has 2 N–H and O–H groups in total. The van der Waals surface area contributed by atoms with Crippen LogP contribution in [0.5, 0.6) is 0 Å². The number of benzene rings is 1. The zero-order chi connectivity index (χ0) is 14.8. The fourth-order valence-electron chi connectivity index (χ4n) is 3.01. The van der Waals surface area contributed by atoms with Crippen molar-refractivity contribution in [2.24, 2.45) is 5.73 Å². The van der Waals surface area contributed by atoms with Crippen molar-refractivity contribution in [1.82, 2.24) is 9.78 Å². The second kappa shape index (κ2) is 5.90. The van der Waals surface area contributed by atoms with Gasteiger partial charge in [-0.15, -0.1) is 0 Å². The summed E-state index contributed by atoms with van der Waals surface area (Å²) < 4.78 is 2.07. The molecule has 21 heavy (non-hydrogen) atoms. The van der Waals surface area contributed by atoms with Crippen molar-refractivity contribution in [3.63, 3.8) is 0 Å². The lowest BCUT2D eigenvalue weighted by atomic mass is 10.1. The van der Waals surface area contributed by atoms with Gasteiger partial charge in [-0.05, 0) is 38.3 Å². The van der Waals surface area contributed by atoms with Crippen molar-refractivity contribution in [3.05, 3.63) is 41.7 Å². The van der Waals surface area contributed by atoms with Gasteiger partial charge in [-0.25, -0.2) is 4.68 Å². The van der Waals surface area contributed by atoms with Crippen LogP contribution in [0.3, 0.4) is 0 Å². The van der Waals surface area contributed by atoms with E-state index in [1.165, 1.54) is 16.9 Å². The van der Waals surface area contributed by atoms with E-state index in [1.807, 2.05) is 6.20 Å². The van der Waals surface area contributed by atoms with Crippen LogP contribution in [-0.2, 0) is 6.42 Å². The van der Waals surface area contributed by atoms with Crippen molar-refractivity contribution in [2.45, 2.75) is 39.2 Å². The Morgan fingerprint density at radius 2 is 1.86 bits per heavy atom. The third-order valence-electron chi connectivity index (χ3n) is 4.34. The topological polar surface area (TPSA) is 47.1 Å². The Hall–Kier alpha value is -1.81. The van der Waals surface area contributed by atoms with Gasteiger partial charge in [0.15, 0.2) is 0 Å². The summed E-state index contributed by atoms with van der Waals surface area (Å²) in [5, 5.41) is 4.62. The molecule has 4 heteroatoms. The van der Waals surface area contributed by atoms with Gasteiger partial charge in [0.25, 0.3) is 0 Å². The molecule has 1 aromatic carbocycles. The molecule has 0 radical (unpaired) electrons. The lowest BCUT2D eigenvalue weighted by Crippen LogP contribution is -2.39. The first kappa shape index (κ1) is 14.1. The van der Waals surface area contributed by atoms with E-state index in [-0.39, 0.29) is 0 Å². The number of nitrogens with two attached hydrogens (primary N) is 1.